The molecule has 0 heterocycles. The molecular weight excluding hydrogens is 290 g/mol. The number of aliphatic carboxylic acids is 1. The zero-order chi connectivity index (χ0) is 15.8. The third-order valence-corrected chi connectivity index (χ3v) is 3.66. The summed E-state index contributed by atoms with van der Waals surface area (Å²) in [5.74, 6) is -1.17. The summed E-state index contributed by atoms with van der Waals surface area (Å²) in [5.41, 5.74) is 0.748. The molecule has 2 atom stereocenters. The Balaban J connectivity index is 2.76. The maximum atomic E-state index is 12.2. The number of carboxylic acid groups (broad SMARTS) is 1. The molecule has 0 aliphatic rings. The second-order valence-corrected chi connectivity index (χ2v) is 5.69. The standard InChI is InChI=1S/C16H22ClNO3/c1-3-4-5-11(2)16(21)18-14(10-15(19)20)12-6-8-13(17)9-7-12/h6-9,11,14H,3-5,10H2,1-2H3,(H,18,21)(H,19,20)/t11?,14-/m0/s1. The van der Waals surface area contributed by atoms with Crippen LogP contribution in [0.3, 0.4) is 0 Å². The van der Waals surface area contributed by atoms with E-state index in [0.29, 0.717) is 5.02 Å². The minimum absolute atomic E-state index is 0.107. The van der Waals surface area contributed by atoms with Crippen molar-refractivity contribution in [1.29, 1.82) is 0 Å². The van der Waals surface area contributed by atoms with Crippen molar-refractivity contribution >= 4 is 23.5 Å². The molecule has 1 rings (SSSR count). The summed E-state index contributed by atoms with van der Waals surface area (Å²) in [6, 6.07) is 6.34. The average molecular weight is 312 g/mol. The molecule has 0 spiro atoms. The Hall–Kier alpha value is -1.55. The molecule has 0 bridgehead atoms. The largest absolute Gasteiger partial charge is 0.481 e. The number of rotatable bonds is 8. The number of amides is 1. The fraction of sp³-hybridized carbons (Fsp3) is 0.500. The van der Waals surface area contributed by atoms with Crippen molar-refractivity contribution in [2.75, 3.05) is 0 Å². The van der Waals surface area contributed by atoms with Crippen LogP contribution in [0.5, 0.6) is 0 Å². The van der Waals surface area contributed by atoms with Crippen LogP contribution in [0.1, 0.15) is 51.1 Å². The van der Waals surface area contributed by atoms with Gasteiger partial charge in [0.1, 0.15) is 0 Å². The quantitative estimate of drug-likeness (QED) is 0.767. The van der Waals surface area contributed by atoms with Crippen molar-refractivity contribution < 1.29 is 14.7 Å². The van der Waals surface area contributed by atoms with Gasteiger partial charge in [0.15, 0.2) is 0 Å². The maximum absolute atomic E-state index is 12.2. The average Bonchev–Trinajstić information content (AvgIpc) is 2.44. The van der Waals surface area contributed by atoms with E-state index in [-0.39, 0.29) is 18.2 Å². The first-order chi connectivity index (χ1) is 9.93. The van der Waals surface area contributed by atoms with Crippen LogP contribution in [0.15, 0.2) is 24.3 Å². The molecule has 0 fully saturated rings. The minimum atomic E-state index is -0.948. The summed E-state index contributed by atoms with van der Waals surface area (Å²) in [5, 5.41) is 12.4. The molecule has 21 heavy (non-hydrogen) atoms. The highest BCUT2D eigenvalue weighted by Crippen LogP contribution is 2.20. The van der Waals surface area contributed by atoms with Crippen LogP contribution in [-0.2, 0) is 9.59 Å². The number of carbonyl (C=O) groups is 2. The Morgan fingerprint density at radius 3 is 2.43 bits per heavy atom. The second-order valence-electron chi connectivity index (χ2n) is 5.25. The minimum Gasteiger partial charge on any atom is -0.481 e. The van der Waals surface area contributed by atoms with Gasteiger partial charge in [-0.25, -0.2) is 0 Å². The van der Waals surface area contributed by atoms with Gasteiger partial charge in [0.05, 0.1) is 12.5 Å². The van der Waals surface area contributed by atoms with Gasteiger partial charge < -0.3 is 10.4 Å². The fourth-order valence-electron chi connectivity index (χ4n) is 2.08. The highest BCUT2D eigenvalue weighted by Gasteiger charge is 2.21. The second kappa shape index (κ2) is 8.67. The monoisotopic (exact) mass is 311 g/mol. The number of carboxylic acids is 1. The van der Waals surface area contributed by atoms with Gasteiger partial charge in [-0.3, -0.25) is 9.59 Å². The van der Waals surface area contributed by atoms with E-state index < -0.39 is 12.0 Å². The summed E-state index contributed by atoms with van der Waals surface area (Å²) < 4.78 is 0. The Kier molecular flexibility index (Phi) is 7.23. The summed E-state index contributed by atoms with van der Waals surface area (Å²) >= 11 is 5.83. The van der Waals surface area contributed by atoms with Gasteiger partial charge in [0, 0.05) is 10.9 Å². The van der Waals surface area contributed by atoms with Crippen molar-refractivity contribution in [2.24, 2.45) is 5.92 Å². The predicted octanol–water partition coefficient (Wildman–Crippen LogP) is 3.80. The van der Waals surface area contributed by atoms with Crippen LogP contribution in [0.4, 0.5) is 0 Å². The molecule has 1 aromatic carbocycles. The molecule has 1 amide bonds. The van der Waals surface area contributed by atoms with E-state index in [1.54, 1.807) is 24.3 Å². The maximum Gasteiger partial charge on any atom is 0.305 e. The molecule has 0 aliphatic heterocycles. The number of benzene rings is 1. The van der Waals surface area contributed by atoms with Gasteiger partial charge >= 0.3 is 5.97 Å². The van der Waals surface area contributed by atoms with Crippen LogP contribution in [0.25, 0.3) is 0 Å². The third-order valence-electron chi connectivity index (χ3n) is 3.41. The van der Waals surface area contributed by atoms with E-state index >= 15 is 0 Å². The fourth-order valence-corrected chi connectivity index (χ4v) is 2.20. The number of halogens is 1. The van der Waals surface area contributed by atoms with Crippen molar-refractivity contribution in [2.45, 2.75) is 45.6 Å². The van der Waals surface area contributed by atoms with Crippen LogP contribution >= 0.6 is 11.6 Å². The first kappa shape index (κ1) is 17.5. The van der Waals surface area contributed by atoms with Gasteiger partial charge in [0.2, 0.25) is 5.91 Å². The lowest BCUT2D eigenvalue weighted by Crippen LogP contribution is -2.34. The Morgan fingerprint density at radius 2 is 1.90 bits per heavy atom. The zero-order valence-electron chi connectivity index (χ0n) is 12.4. The molecule has 116 valence electrons. The smallest absolute Gasteiger partial charge is 0.305 e. The van der Waals surface area contributed by atoms with E-state index in [0.717, 1.165) is 24.8 Å². The van der Waals surface area contributed by atoms with Crippen molar-refractivity contribution in [3.8, 4) is 0 Å². The number of hydrogen-bond acceptors (Lipinski definition) is 2. The molecule has 0 saturated heterocycles. The molecular formula is C16H22ClNO3. The highest BCUT2D eigenvalue weighted by molar-refractivity contribution is 6.30. The Morgan fingerprint density at radius 1 is 1.29 bits per heavy atom. The van der Waals surface area contributed by atoms with E-state index in [2.05, 4.69) is 12.2 Å². The number of unbranched alkanes of at least 4 members (excludes halogenated alkanes) is 1. The van der Waals surface area contributed by atoms with Crippen molar-refractivity contribution in [3.05, 3.63) is 34.9 Å². The molecule has 2 N–H and O–H groups in total. The summed E-state index contributed by atoms with van der Waals surface area (Å²) in [7, 11) is 0. The normalized spacial score (nSPS) is 13.5. The van der Waals surface area contributed by atoms with Gasteiger partial charge in [-0.15, -0.1) is 0 Å². The lowest BCUT2D eigenvalue weighted by atomic mass is 10.00. The predicted molar refractivity (Wildman–Crippen MR) is 83.3 cm³/mol. The van der Waals surface area contributed by atoms with Gasteiger partial charge in [0.25, 0.3) is 0 Å². The molecule has 1 unspecified atom stereocenters. The first-order valence-electron chi connectivity index (χ1n) is 7.21. The number of nitrogens with one attached hydrogen (secondary N) is 1. The molecule has 0 aromatic heterocycles. The summed E-state index contributed by atoms with van der Waals surface area (Å²) in [4.78, 5) is 23.1. The summed E-state index contributed by atoms with van der Waals surface area (Å²) in [6.45, 7) is 3.94. The van der Waals surface area contributed by atoms with Crippen molar-refractivity contribution in [3.63, 3.8) is 0 Å². The highest BCUT2D eigenvalue weighted by atomic mass is 35.5. The zero-order valence-corrected chi connectivity index (χ0v) is 13.2. The molecule has 0 radical (unpaired) electrons. The van der Waals surface area contributed by atoms with Crippen LogP contribution in [0.2, 0.25) is 5.02 Å². The van der Waals surface area contributed by atoms with Gasteiger partial charge in [-0.1, -0.05) is 50.4 Å². The Bertz CT molecular complexity index is 473. The third kappa shape index (κ3) is 6.17. The molecule has 5 heteroatoms. The summed E-state index contributed by atoms with van der Waals surface area (Å²) in [6.07, 6.45) is 2.68. The van der Waals surface area contributed by atoms with Crippen LogP contribution in [0, 0.1) is 5.92 Å². The first-order valence-corrected chi connectivity index (χ1v) is 7.59. The van der Waals surface area contributed by atoms with Crippen LogP contribution < -0.4 is 5.32 Å². The lowest BCUT2D eigenvalue weighted by Gasteiger charge is -2.20. The van der Waals surface area contributed by atoms with Crippen molar-refractivity contribution in [1.82, 2.24) is 5.32 Å². The topological polar surface area (TPSA) is 66.4 Å². The van der Waals surface area contributed by atoms with Crippen LogP contribution in [-0.4, -0.2) is 17.0 Å². The van der Waals surface area contributed by atoms with E-state index in [1.807, 2.05) is 6.92 Å². The molecule has 0 aliphatic carbocycles. The Labute approximate surface area is 130 Å². The lowest BCUT2D eigenvalue weighted by molar-refractivity contribution is -0.137. The van der Waals surface area contributed by atoms with Gasteiger partial charge in [-0.2, -0.15) is 0 Å². The van der Waals surface area contributed by atoms with Gasteiger partial charge in [-0.05, 0) is 24.1 Å². The molecule has 0 saturated carbocycles. The molecule has 4 nitrogen and oxygen atoms in total. The molecule has 1 aromatic rings. The van der Waals surface area contributed by atoms with E-state index in [4.69, 9.17) is 16.7 Å². The number of carbonyl (C=O) groups excluding carboxylic acids is 1. The number of hydrogen-bond donors (Lipinski definition) is 2. The van der Waals surface area contributed by atoms with E-state index in [1.165, 1.54) is 0 Å². The van der Waals surface area contributed by atoms with E-state index in [9.17, 15) is 9.59 Å². The SMILES string of the molecule is CCCCC(C)C(=O)N[C@@H](CC(=O)O)c1ccc(Cl)cc1.